The maximum Gasteiger partial charge on any atom is 0.231 e. The molecule has 7 heteroatoms. The Balaban J connectivity index is 2.14. The minimum atomic E-state index is -0.296. The summed E-state index contributed by atoms with van der Waals surface area (Å²) in [7, 11) is 5.42. The largest absolute Gasteiger partial charge is 0.480 e. The number of halogens is 2. The summed E-state index contributed by atoms with van der Waals surface area (Å²) in [6.45, 7) is 0.466. The molecule has 0 saturated heterocycles. The fraction of sp³-hybridized carbons (Fsp3) is 0.308. The highest BCUT2D eigenvalue weighted by atomic mass is 79.9. The summed E-state index contributed by atoms with van der Waals surface area (Å²) in [5.41, 5.74) is 0.454. The van der Waals surface area contributed by atoms with Crippen molar-refractivity contribution in [3.63, 3.8) is 0 Å². The van der Waals surface area contributed by atoms with Crippen LogP contribution in [0.3, 0.4) is 0 Å². The van der Waals surface area contributed by atoms with Gasteiger partial charge in [0.05, 0.1) is 24.2 Å². The molecule has 0 spiro atoms. The molecule has 2 rings (SSSR count). The number of thiazole rings is 1. The van der Waals surface area contributed by atoms with Crippen molar-refractivity contribution >= 4 is 38.1 Å². The monoisotopic (exact) mass is 359 g/mol. The van der Waals surface area contributed by atoms with Crippen molar-refractivity contribution in [3.05, 3.63) is 33.4 Å². The number of rotatable bonds is 5. The van der Waals surface area contributed by atoms with E-state index in [1.165, 1.54) is 17.4 Å². The van der Waals surface area contributed by atoms with E-state index in [1.54, 1.807) is 19.2 Å². The molecule has 1 heterocycles. The van der Waals surface area contributed by atoms with Gasteiger partial charge in [0, 0.05) is 18.6 Å². The molecule has 0 fully saturated rings. The lowest BCUT2D eigenvalue weighted by Gasteiger charge is -2.07. The summed E-state index contributed by atoms with van der Waals surface area (Å²) in [5, 5.41) is 3.92. The first-order chi connectivity index (χ1) is 9.51. The quantitative estimate of drug-likeness (QED) is 0.882. The Morgan fingerprint density at radius 3 is 2.80 bits per heavy atom. The summed E-state index contributed by atoms with van der Waals surface area (Å²) in [6, 6.07) is 4.91. The molecule has 0 aliphatic rings. The van der Waals surface area contributed by atoms with Gasteiger partial charge in [-0.25, -0.2) is 4.39 Å². The maximum absolute atomic E-state index is 13.7. The van der Waals surface area contributed by atoms with Gasteiger partial charge >= 0.3 is 0 Å². The highest BCUT2D eigenvalue weighted by Gasteiger charge is 2.13. The molecule has 0 radical (unpaired) electrons. The van der Waals surface area contributed by atoms with Gasteiger partial charge < -0.3 is 15.0 Å². The topological polar surface area (TPSA) is 37.4 Å². The van der Waals surface area contributed by atoms with E-state index in [9.17, 15) is 4.39 Å². The summed E-state index contributed by atoms with van der Waals surface area (Å²) < 4.78 is 19.7. The fourth-order valence-corrected chi connectivity index (χ4v) is 2.82. The predicted octanol–water partition coefficient (Wildman–Crippen LogP) is 3.73. The number of anilines is 2. The van der Waals surface area contributed by atoms with E-state index in [0.717, 1.165) is 10.0 Å². The Kier molecular flexibility index (Phi) is 4.82. The Hall–Kier alpha value is -1.34. The highest BCUT2D eigenvalue weighted by molar-refractivity contribution is 9.10. The van der Waals surface area contributed by atoms with Crippen LogP contribution in [0.25, 0.3) is 0 Å². The van der Waals surface area contributed by atoms with Crippen LogP contribution in [0.1, 0.15) is 4.88 Å². The number of nitrogens with zero attached hydrogens (tertiary/aromatic N) is 2. The smallest absolute Gasteiger partial charge is 0.231 e. The lowest BCUT2D eigenvalue weighted by Crippen LogP contribution is -2.07. The van der Waals surface area contributed by atoms with Crippen LogP contribution in [0.15, 0.2) is 22.7 Å². The molecule has 1 N–H and O–H groups in total. The first kappa shape index (κ1) is 15.1. The van der Waals surface area contributed by atoms with E-state index in [1.807, 2.05) is 19.0 Å². The van der Waals surface area contributed by atoms with Crippen LogP contribution >= 0.6 is 27.3 Å². The van der Waals surface area contributed by atoms with Crippen molar-refractivity contribution in [2.24, 2.45) is 0 Å². The SMILES string of the molecule is COc1nc(N(C)C)sc1CNc1ccc(Br)cc1F. The molecule has 0 aliphatic carbocycles. The number of aromatic nitrogens is 1. The minimum Gasteiger partial charge on any atom is -0.480 e. The zero-order valence-corrected chi connectivity index (χ0v) is 13.8. The van der Waals surface area contributed by atoms with Gasteiger partial charge in [0.1, 0.15) is 5.82 Å². The van der Waals surface area contributed by atoms with Crippen LogP contribution < -0.4 is 15.0 Å². The van der Waals surface area contributed by atoms with Crippen molar-refractivity contribution in [2.45, 2.75) is 6.54 Å². The average molecular weight is 360 g/mol. The highest BCUT2D eigenvalue weighted by Crippen LogP contribution is 2.31. The van der Waals surface area contributed by atoms with E-state index in [4.69, 9.17) is 4.74 Å². The van der Waals surface area contributed by atoms with E-state index in [-0.39, 0.29) is 5.82 Å². The number of hydrogen-bond donors (Lipinski definition) is 1. The van der Waals surface area contributed by atoms with Gasteiger partial charge in [-0.1, -0.05) is 27.3 Å². The van der Waals surface area contributed by atoms with Crippen LogP contribution in [-0.4, -0.2) is 26.2 Å². The van der Waals surface area contributed by atoms with Crippen LogP contribution in [-0.2, 0) is 6.54 Å². The lowest BCUT2D eigenvalue weighted by molar-refractivity contribution is 0.397. The van der Waals surface area contributed by atoms with Gasteiger partial charge in [-0.15, -0.1) is 0 Å². The van der Waals surface area contributed by atoms with Crippen molar-refractivity contribution < 1.29 is 9.13 Å². The Labute approximate surface area is 129 Å². The Morgan fingerprint density at radius 2 is 2.20 bits per heavy atom. The van der Waals surface area contributed by atoms with Crippen LogP contribution in [0.2, 0.25) is 0 Å². The second-order valence-electron chi connectivity index (χ2n) is 4.30. The van der Waals surface area contributed by atoms with Crippen molar-refractivity contribution in [3.8, 4) is 5.88 Å². The first-order valence-electron chi connectivity index (χ1n) is 5.91. The van der Waals surface area contributed by atoms with E-state index in [2.05, 4.69) is 26.2 Å². The van der Waals surface area contributed by atoms with Gasteiger partial charge in [0.15, 0.2) is 5.13 Å². The third kappa shape index (κ3) is 3.40. The molecule has 108 valence electrons. The second-order valence-corrected chi connectivity index (χ2v) is 6.28. The number of nitrogens with one attached hydrogen (secondary N) is 1. The third-order valence-electron chi connectivity index (χ3n) is 2.60. The molecule has 2 aromatic rings. The zero-order valence-electron chi connectivity index (χ0n) is 11.4. The predicted molar refractivity (Wildman–Crippen MR) is 84.4 cm³/mol. The zero-order chi connectivity index (χ0) is 14.7. The average Bonchev–Trinajstić information content (AvgIpc) is 2.81. The Morgan fingerprint density at radius 1 is 1.45 bits per heavy atom. The molecular formula is C13H15BrFN3OS. The van der Waals surface area contributed by atoms with Gasteiger partial charge in [-0.2, -0.15) is 4.98 Å². The number of benzene rings is 1. The van der Waals surface area contributed by atoms with Crippen molar-refractivity contribution in [2.75, 3.05) is 31.4 Å². The van der Waals surface area contributed by atoms with E-state index in [0.29, 0.717) is 22.6 Å². The van der Waals surface area contributed by atoms with Crippen LogP contribution in [0.5, 0.6) is 5.88 Å². The molecule has 4 nitrogen and oxygen atoms in total. The number of hydrogen-bond acceptors (Lipinski definition) is 5. The van der Waals surface area contributed by atoms with Crippen molar-refractivity contribution in [1.82, 2.24) is 4.98 Å². The molecule has 0 amide bonds. The standard InChI is InChI=1S/C13H15BrFN3OS/c1-18(2)13-17-12(19-3)11(20-13)7-16-10-5-4-8(14)6-9(10)15/h4-6,16H,7H2,1-3H3. The van der Waals surface area contributed by atoms with Gasteiger partial charge in [-0.05, 0) is 18.2 Å². The molecule has 0 aliphatic heterocycles. The van der Waals surface area contributed by atoms with E-state index < -0.39 is 0 Å². The lowest BCUT2D eigenvalue weighted by atomic mass is 10.3. The van der Waals surface area contributed by atoms with Gasteiger partial charge in [0.25, 0.3) is 0 Å². The normalized spacial score (nSPS) is 10.4. The number of methoxy groups -OCH3 is 1. The van der Waals surface area contributed by atoms with Crippen LogP contribution in [0.4, 0.5) is 15.2 Å². The van der Waals surface area contributed by atoms with Crippen molar-refractivity contribution in [1.29, 1.82) is 0 Å². The molecular weight excluding hydrogens is 345 g/mol. The molecule has 0 bridgehead atoms. The summed E-state index contributed by atoms with van der Waals surface area (Å²) in [4.78, 5) is 7.20. The summed E-state index contributed by atoms with van der Waals surface area (Å²) in [5.74, 6) is 0.277. The molecule has 20 heavy (non-hydrogen) atoms. The van der Waals surface area contributed by atoms with Crippen LogP contribution in [0, 0.1) is 5.82 Å². The Bertz CT molecular complexity index is 603. The van der Waals surface area contributed by atoms with Gasteiger partial charge in [-0.3, -0.25) is 0 Å². The summed E-state index contributed by atoms with van der Waals surface area (Å²) >= 11 is 4.75. The number of ether oxygens (including phenoxy) is 1. The molecule has 1 aromatic heterocycles. The summed E-state index contributed by atoms with van der Waals surface area (Å²) in [6.07, 6.45) is 0. The molecule has 0 saturated carbocycles. The van der Waals surface area contributed by atoms with E-state index >= 15 is 0 Å². The molecule has 0 unspecified atom stereocenters. The minimum absolute atomic E-state index is 0.296. The molecule has 0 atom stereocenters. The maximum atomic E-state index is 13.7. The fourth-order valence-electron chi connectivity index (χ4n) is 1.60. The second kappa shape index (κ2) is 6.41. The van der Waals surface area contributed by atoms with Gasteiger partial charge in [0.2, 0.25) is 5.88 Å². The first-order valence-corrected chi connectivity index (χ1v) is 7.52. The third-order valence-corrected chi connectivity index (χ3v) is 4.29. The molecule has 1 aromatic carbocycles.